The molecule has 32 heavy (non-hydrogen) atoms. The molecular formula is C24H17ClFN3O3. The average Bonchev–Trinajstić information content (AvgIpc) is 3.43. The molecule has 1 saturated heterocycles. The van der Waals surface area contributed by atoms with Crippen LogP contribution in [0.25, 0.3) is 11.4 Å². The number of nitrogens with zero attached hydrogens (tertiary/aromatic N) is 3. The van der Waals surface area contributed by atoms with Gasteiger partial charge in [-0.05, 0) is 66.7 Å². The Bertz CT molecular complexity index is 1260. The van der Waals surface area contributed by atoms with E-state index in [2.05, 4.69) is 10.1 Å². The van der Waals surface area contributed by atoms with Crippen LogP contribution < -0.4 is 9.64 Å². The fraction of sp³-hybridized carbons (Fsp3) is 0.125. The van der Waals surface area contributed by atoms with Gasteiger partial charge in [0.1, 0.15) is 17.3 Å². The molecule has 1 unspecified atom stereocenters. The fourth-order valence-electron chi connectivity index (χ4n) is 3.60. The maximum absolute atomic E-state index is 13.0. The van der Waals surface area contributed by atoms with E-state index in [1.165, 1.54) is 12.1 Å². The van der Waals surface area contributed by atoms with Crippen LogP contribution in [-0.2, 0) is 4.79 Å². The van der Waals surface area contributed by atoms with Crippen LogP contribution in [0, 0.1) is 5.82 Å². The Labute approximate surface area is 188 Å². The number of hydrogen-bond acceptors (Lipinski definition) is 5. The SMILES string of the molecule is O=C1CC(c2nc(-c3ccc(Oc4ccc(F)cc4)cc3)no2)CN1c1cccc(Cl)c1. The first-order valence-electron chi connectivity index (χ1n) is 9.98. The van der Waals surface area contributed by atoms with Gasteiger partial charge in [-0.25, -0.2) is 4.39 Å². The summed E-state index contributed by atoms with van der Waals surface area (Å²) in [5.41, 5.74) is 1.50. The zero-order valence-electron chi connectivity index (χ0n) is 16.7. The first-order chi connectivity index (χ1) is 15.5. The van der Waals surface area contributed by atoms with Gasteiger partial charge in [0.05, 0.1) is 5.92 Å². The van der Waals surface area contributed by atoms with Gasteiger partial charge >= 0.3 is 0 Å². The Morgan fingerprint density at radius 3 is 2.47 bits per heavy atom. The minimum Gasteiger partial charge on any atom is -0.457 e. The molecule has 1 amide bonds. The molecular weight excluding hydrogens is 433 g/mol. The lowest BCUT2D eigenvalue weighted by Crippen LogP contribution is -2.24. The molecule has 1 aromatic heterocycles. The van der Waals surface area contributed by atoms with E-state index in [0.717, 1.165) is 11.3 Å². The van der Waals surface area contributed by atoms with Crippen molar-refractivity contribution in [3.63, 3.8) is 0 Å². The van der Waals surface area contributed by atoms with E-state index in [-0.39, 0.29) is 17.6 Å². The van der Waals surface area contributed by atoms with Gasteiger partial charge in [0.2, 0.25) is 17.6 Å². The highest BCUT2D eigenvalue weighted by Crippen LogP contribution is 2.33. The van der Waals surface area contributed by atoms with Crippen LogP contribution in [0.4, 0.5) is 10.1 Å². The highest BCUT2D eigenvalue weighted by Gasteiger charge is 2.35. The number of rotatable bonds is 5. The van der Waals surface area contributed by atoms with Gasteiger partial charge in [0.25, 0.3) is 0 Å². The van der Waals surface area contributed by atoms with E-state index in [1.807, 2.05) is 24.3 Å². The molecule has 0 radical (unpaired) electrons. The van der Waals surface area contributed by atoms with Gasteiger partial charge in [-0.15, -0.1) is 0 Å². The third-order valence-electron chi connectivity index (χ3n) is 5.20. The summed E-state index contributed by atoms with van der Waals surface area (Å²) in [5.74, 6) is 1.47. The minimum absolute atomic E-state index is 0.0145. The summed E-state index contributed by atoms with van der Waals surface area (Å²) >= 11 is 6.06. The molecule has 0 spiro atoms. The van der Waals surface area contributed by atoms with Crippen LogP contribution in [0.15, 0.2) is 77.3 Å². The van der Waals surface area contributed by atoms with E-state index in [4.69, 9.17) is 20.9 Å². The van der Waals surface area contributed by atoms with Crippen molar-refractivity contribution in [2.45, 2.75) is 12.3 Å². The molecule has 1 aliphatic rings. The monoisotopic (exact) mass is 449 g/mol. The van der Waals surface area contributed by atoms with E-state index >= 15 is 0 Å². The van der Waals surface area contributed by atoms with E-state index < -0.39 is 0 Å². The quantitative estimate of drug-likeness (QED) is 0.382. The average molecular weight is 450 g/mol. The van der Waals surface area contributed by atoms with Crippen molar-refractivity contribution < 1.29 is 18.4 Å². The zero-order valence-corrected chi connectivity index (χ0v) is 17.5. The summed E-state index contributed by atoms with van der Waals surface area (Å²) in [5, 5.41) is 4.65. The second-order valence-electron chi connectivity index (χ2n) is 7.42. The van der Waals surface area contributed by atoms with Crippen molar-refractivity contribution >= 4 is 23.2 Å². The Kier molecular flexibility index (Phi) is 5.33. The number of ether oxygens (including phenoxy) is 1. The molecule has 160 valence electrons. The van der Waals surface area contributed by atoms with Crippen LogP contribution >= 0.6 is 11.6 Å². The van der Waals surface area contributed by atoms with Crippen LogP contribution in [-0.4, -0.2) is 22.6 Å². The smallest absolute Gasteiger partial charge is 0.232 e. The van der Waals surface area contributed by atoms with Crippen molar-refractivity contribution in [3.8, 4) is 22.9 Å². The minimum atomic E-state index is -0.319. The molecule has 0 bridgehead atoms. The van der Waals surface area contributed by atoms with Gasteiger partial charge in [-0.3, -0.25) is 4.79 Å². The molecule has 0 aliphatic carbocycles. The third-order valence-corrected chi connectivity index (χ3v) is 5.43. The van der Waals surface area contributed by atoms with Crippen LogP contribution in [0.1, 0.15) is 18.2 Å². The summed E-state index contributed by atoms with van der Waals surface area (Å²) < 4.78 is 24.2. The van der Waals surface area contributed by atoms with Gasteiger partial charge in [-0.2, -0.15) is 4.98 Å². The topological polar surface area (TPSA) is 68.5 Å². The van der Waals surface area contributed by atoms with Crippen molar-refractivity contribution in [3.05, 3.63) is 89.5 Å². The number of hydrogen-bond donors (Lipinski definition) is 0. The summed E-state index contributed by atoms with van der Waals surface area (Å²) in [6.45, 7) is 0.450. The Morgan fingerprint density at radius 1 is 1.03 bits per heavy atom. The maximum atomic E-state index is 13.0. The molecule has 1 fully saturated rings. The second kappa shape index (κ2) is 8.43. The lowest BCUT2D eigenvalue weighted by molar-refractivity contribution is -0.117. The zero-order chi connectivity index (χ0) is 22.1. The number of carbonyl (C=O) groups is 1. The molecule has 8 heteroatoms. The normalized spacial score (nSPS) is 15.9. The Hall–Kier alpha value is -3.71. The predicted molar refractivity (Wildman–Crippen MR) is 117 cm³/mol. The first kappa shape index (κ1) is 20.2. The third kappa shape index (κ3) is 4.20. The van der Waals surface area contributed by atoms with Crippen LogP contribution in [0.2, 0.25) is 5.02 Å². The van der Waals surface area contributed by atoms with Crippen LogP contribution in [0.5, 0.6) is 11.5 Å². The lowest BCUT2D eigenvalue weighted by Gasteiger charge is -2.16. The molecule has 3 aromatic carbocycles. The lowest BCUT2D eigenvalue weighted by atomic mass is 10.1. The van der Waals surface area contributed by atoms with Crippen molar-refractivity contribution in [2.24, 2.45) is 0 Å². The number of halogens is 2. The molecule has 0 saturated carbocycles. The number of aromatic nitrogens is 2. The molecule has 4 aromatic rings. The van der Waals surface area contributed by atoms with E-state index in [0.29, 0.717) is 41.2 Å². The van der Waals surface area contributed by atoms with E-state index in [1.54, 1.807) is 41.3 Å². The Balaban J connectivity index is 1.28. The van der Waals surface area contributed by atoms with Crippen molar-refractivity contribution in [1.29, 1.82) is 0 Å². The number of amides is 1. The summed E-state index contributed by atoms with van der Waals surface area (Å²) in [6, 6.07) is 20.2. The molecule has 1 atom stereocenters. The maximum Gasteiger partial charge on any atom is 0.232 e. The van der Waals surface area contributed by atoms with Gasteiger partial charge in [0, 0.05) is 29.2 Å². The van der Waals surface area contributed by atoms with Crippen molar-refractivity contribution in [2.75, 3.05) is 11.4 Å². The highest BCUT2D eigenvalue weighted by molar-refractivity contribution is 6.30. The molecule has 5 rings (SSSR count). The predicted octanol–water partition coefficient (Wildman–Crippen LogP) is 5.84. The highest BCUT2D eigenvalue weighted by atomic mass is 35.5. The molecule has 6 nitrogen and oxygen atoms in total. The molecule has 0 N–H and O–H groups in total. The summed E-state index contributed by atoms with van der Waals surface area (Å²) in [4.78, 5) is 18.7. The summed E-state index contributed by atoms with van der Waals surface area (Å²) in [7, 11) is 0. The first-order valence-corrected chi connectivity index (χ1v) is 10.4. The van der Waals surface area contributed by atoms with E-state index in [9.17, 15) is 9.18 Å². The second-order valence-corrected chi connectivity index (χ2v) is 7.86. The summed E-state index contributed by atoms with van der Waals surface area (Å²) in [6.07, 6.45) is 0.290. The number of benzene rings is 3. The van der Waals surface area contributed by atoms with Gasteiger partial charge < -0.3 is 14.2 Å². The number of carbonyl (C=O) groups excluding carboxylic acids is 1. The Morgan fingerprint density at radius 2 is 1.75 bits per heavy atom. The fourth-order valence-corrected chi connectivity index (χ4v) is 3.78. The van der Waals surface area contributed by atoms with Crippen molar-refractivity contribution in [1.82, 2.24) is 10.1 Å². The standard InChI is InChI=1S/C24H17ClFN3O3/c25-17-2-1-3-19(13-17)29-14-16(12-22(29)30)24-27-23(28-32-24)15-4-8-20(9-5-15)31-21-10-6-18(26)7-11-21/h1-11,13,16H,12,14H2. The van der Waals surface area contributed by atoms with Gasteiger partial charge in [-0.1, -0.05) is 22.8 Å². The number of anilines is 1. The largest absolute Gasteiger partial charge is 0.457 e. The van der Waals surface area contributed by atoms with Crippen LogP contribution in [0.3, 0.4) is 0 Å². The molecule has 2 heterocycles. The molecule has 1 aliphatic heterocycles. The van der Waals surface area contributed by atoms with Gasteiger partial charge in [0.15, 0.2) is 0 Å².